The number of hydrogen-bond donors (Lipinski definition) is 1. The van der Waals surface area contributed by atoms with Gasteiger partial charge in [0.05, 0.1) is 0 Å². The summed E-state index contributed by atoms with van der Waals surface area (Å²) in [6.45, 7) is 0.659. The number of aromatic hydroxyl groups is 1. The molecular formula is C9H12ClNO2. The number of nitrogens with zero attached hydrogens (tertiary/aromatic N) is 1. The van der Waals surface area contributed by atoms with Crippen molar-refractivity contribution in [3.05, 3.63) is 28.7 Å². The molecule has 0 atom stereocenters. The van der Waals surface area contributed by atoms with Gasteiger partial charge in [0.1, 0.15) is 5.75 Å². The molecule has 4 heteroatoms. The van der Waals surface area contributed by atoms with Gasteiger partial charge in [-0.1, -0.05) is 0 Å². The highest BCUT2D eigenvalue weighted by Gasteiger charge is 1.96. The van der Waals surface area contributed by atoms with Crippen molar-refractivity contribution in [2.45, 2.75) is 19.4 Å². The van der Waals surface area contributed by atoms with E-state index in [0.29, 0.717) is 12.4 Å². The average Bonchev–Trinajstić information content (AvgIpc) is 2.09. The molecule has 0 bridgehead atoms. The van der Waals surface area contributed by atoms with Gasteiger partial charge in [-0.15, -0.1) is 11.6 Å². The molecule has 0 fully saturated rings. The molecule has 0 unspecified atom stereocenters. The minimum Gasteiger partial charge on any atom is -0.508 e. The third kappa shape index (κ3) is 3.11. The Labute approximate surface area is 81.6 Å². The molecule has 1 N–H and O–H groups in total. The first kappa shape index (κ1) is 10.1. The maximum absolute atomic E-state index is 11.2. The molecular weight excluding hydrogens is 190 g/mol. The van der Waals surface area contributed by atoms with Crippen molar-refractivity contribution >= 4 is 11.6 Å². The average molecular weight is 202 g/mol. The molecule has 1 aromatic heterocycles. The molecule has 0 aromatic carbocycles. The fourth-order valence-electron chi connectivity index (χ4n) is 1.06. The molecule has 72 valence electrons. The topological polar surface area (TPSA) is 42.2 Å². The number of halogens is 1. The van der Waals surface area contributed by atoms with Crippen molar-refractivity contribution in [1.82, 2.24) is 4.57 Å². The van der Waals surface area contributed by atoms with E-state index >= 15 is 0 Å². The summed E-state index contributed by atoms with van der Waals surface area (Å²) in [7, 11) is 0. The van der Waals surface area contributed by atoms with E-state index < -0.39 is 0 Å². The molecule has 0 saturated heterocycles. The van der Waals surface area contributed by atoms with Crippen molar-refractivity contribution < 1.29 is 5.11 Å². The Hall–Kier alpha value is -0.960. The molecule has 0 amide bonds. The van der Waals surface area contributed by atoms with Crippen LogP contribution >= 0.6 is 11.6 Å². The summed E-state index contributed by atoms with van der Waals surface area (Å²) in [5.74, 6) is 0.630. The van der Waals surface area contributed by atoms with Crippen LogP contribution in [0.3, 0.4) is 0 Å². The fraction of sp³-hybridized carbons (Fsp3) is 0.444. The van der Waals surface area contributed by atoms with Crippen LogP contribution in [0.1, 0.15) is 12.8 Å². The molecule has 0 aliphatic carbocycles. The van der Waals surface area contributed by atoms with Crippen LogP contribution in [-0.2, 0) is 6.54 Å². The van der Waals surface area contributed by atoms with Crippen LogP contribution < -0.4 is 5.56 Å². The Bertz CT molecular complexity index is 322. The lowest BCUT2D eigenvalue weighted by Crippen LogP contribution is -2.17. The normalized spacial score (nSPS) is 10.2. The zero-order chi connectivity index (χ0) is 9.68. The van der Waals surface area contributed by atoms with Crippen LogP contribution in [0.4, 0.5) is 0 Å². The Morgan fingerprint density at radius 1 is 1.46 bits per heavy atom. The second-order valence-corrected chi connectivity index (χ2v) is 3.19. The van der Waals surface area contributed by atoms with Crippen molar-refractivity contribution in [1.29, 1.82) is 0 Å². The predicted octanol–water partition coefficient (Wildman–Crippen LogP) is 1.57. The highest BCUT2D eigenvalue weighted by molar-refractivity contribution is 6.17. The quantitative estimate of drug-likeness (QED) is 0.594. The monoisotopic (exact) mass is 201 g/mol. The van der Waals surface area contributed by atoms with Gasteiger partial charge >= 0.3 is 0 Å². The van der Waals surface area contributed by atoms with Gasteiger partial charge in [0, 0.05) is 24.7 Å². The first-order chi connectivity index (χ1) is 6.24. The minimum atomic E-state index is -0.172. The summed E-state index contributed by atoms with van der Waals surface area (Å²) in [6.07, 6.45) is 3.37. The zero-order valence-electron chi connectivity index (χ0n) is 7.24. The molecule has 1 aromatic rings. The van der Waals surface area contributed by atoms with Crippen LogP contribution in [0, 0.1) is 0 Å². The van der Waals surface area contributed by atoms with Crippen molar-refractivity contribution in [3.8, 4) is 5.75 Å². The molecule has 3 nitrogen and oxygen atoms in total. The number of hydrogen-bond acceptors (Lipinski definition) is 2. The highest BCUT2D eigenvalue weighted by atomic mass is 35.5. The largest absolute Gasteiger partial charge is 0.508 e. The lowest BCUT2D eigenvalue weighted by molar-refractivity contribution is 0.469. The van der Waals surface area contributed by atoms with Crippen LogP contribution in [0.15, 0.2) is 23.1 Å². The third-order valence-electron chi connectivity index (χ3n) is 1.76. The Morgan fingerprint density at radius 3 is 2.85 bits per heavy atom. The van der Waals surface area contributed by atoms with Crippen molar-refractivity contribution in [2.24, 2.45) is 0 Å². The van der Waals surface area contributed by atoms with E-state index in [1.165, 1.54) is 12.1 Å². The molecule has 1 heterocycles. The first-order valence-corrected chi connectivity index (χ1v) is 4.73. The molecule has 0 saturated carbocycles. The SMILES string of the molecule is O=c1cc(O)ccn1CCCCCl. The van der Waals surface area contributed by atoms with E-state index in [2.05, 4.69) is 0 Å². The molecule has 0 spiro atoms. The van der Waals surface area contributed by atoms with Gasteiger partial charge in [-0.3, -0.25) is 4.79 Å². The number of rotatable bonds is 4. The number of pyridine rings is 1. The summed E-state index contributed by atoms with van der Waals surface area (Å²) < 4.78 is 1.56. The number of unbranched alkanes of at least 4 members (excludes halogenated alkanes) is 1. The van der Waals surface area contributed by atoms with E-state index in [1.54, 1.807) is 10.8 Å². The second kappa shape index (κ2) is 4.92. The summed E-state index contributed by atoms with van der Waals surface area (Å²) in [5.41, 5.74) is -0.172. The number of aryl methyl sites for hydroxylation is 1. The molecule has 0 aliphatic rings. The van der Waals surface area contributed by atoms with E-state index in [4.69, 9.17) is 16.7 Å². The number of aromatic nitrogens is 1. The van der Waals surface area contributed by atoms with Gasteiger partial charge in [0.25, 0.3) is 5.56 Å². The van der Waals surface area contributed by atoms with E-state index in [9.17, 15) is 4.79 Å². The second-order valence-electron chi connectivity index (χ2n) is 2.81. The third-order valence-corrected chi connectivity index (χ3v) is 2.03. The summed E-state index contributed by atoms with van der Waals surface area (Å²) in [6, 6.07) is 2.71. The molecule has 0 radical (unpaired) electrons. The maximum Gasteiger partial charge on any atom is 0.254 e. The Balaban J connectivity index is 2.62. The Kier molecular flexibility index (Phi) is 3.83. The van der Waals surface area contributed by atoms with Gasteiger partial charge in [-0.05, 0) is 18.9 Å². The summed E-state index contributed by atoms with van der Waals surface area (Å²) in [5, 5.41) is 8.97. The van der Waals surface area contributed by atoms with Crippen LogP contribution in [0.2, 0.25) is 0 Å². The minimum absolute atomic E-state index is 0.0126. The maximum atomic E-state index is 11.2. The predicted molar refractivity (Wildman–Crippen MR) is 52.3 cm³/mol. The molecule has 1 rings (SSSR count). The van der Waals surface area contributed by atoms with Crippen LogP contribution in [0.5, 0.6) is 5.75 Å². The van der Waals surface area contributed by atoms with Crippen molar-refractivity contribution in [2.75, 3.05) is 5.88 Å². The molecule has 0 aliphatic heterocycles. The van der Waals surface area contributed by atoms with Gasteiger partial charge in [-0.2, -0.15) is 0 Å². The smallest absolute Gasteiger partial charge is 0.254 e. The summed E-state index contributed by atoms with van der Waals surface area (Å²) >= 11 is 5.51. The number of alkyl halides is 1. The zero-order valence-corrected chi connectivity index (χ0v) is 8.00. The van der Waals surface area contributed by atoms with E-state index in [1.807, 2.05) is 0 Å². The van der Waals surface area contributed by atoms with Gasteiger partial charge in [0.15, 0.2) is 0 Å². The van der Waals surface area contributed by atoms with E-state index in [-0.39, 0.29) is 11.3 Å². The lowest BCUT2D eigenvalue weighted by Gasteiger charge is -2.03. The standard InChI is InChI=1S/C9H12ClNO2/c10-4-1-2-5-11-6-3-8(12)7-9(11)13/h3,6-7,12H,1-2,4-5H2. The Morgan fingerprint density at radius 2 is 2.23 bits per heavy atom. The van der Waals surface area contributed by atoms with Crippen LogP contribution in [0.25, 0.3) is 0 Å². The van der Waals surface area contributed by atoms with Crippen LogP contribution in [-0.4, -0.2) is 15.6 Å². The summed E-state index contributed by atoms with van der Waals surface area (Å²) in [4.78, 5) is 11.2. The highest BCUT2D eigenvalue weighted by Crippen LogP contribution is 2.02. The first-order valence-electron chi connectivity index (χ1n) is 4.19. The molecule has 13 heavy (non-hydrogen) atoms. The van der Waals surface area contributed by atoms with Gasteiger partial charge < -0.3 is 9.67 Å². The lowest BCUT2D eigenvalue weighted by atomic mass is 10.3. The van der Waals surface area contributed by atoms with E-state index in [0.717, 1.165) is 12.8 Å². The fourth-order valence-corrected chi connectivity index (χ4v) is 1.25. The van der Waals surface area contributed by atoms with Gasteiger partial charge in [-0.25, -0.2) is 0 Å². The van der Waals surface area contributed by atoms with Gasteiger partial charge in [0.2, 0.25) is 0 Å². The van der Waals surface area contributed by atoms with Crippen molar-refractivity contribution in [3.63, 3.8) is 0 Å².